The van der Waals surface area contributed by atoms with Gasteiger partial charge in [-0.2, -0.15) is 0 Å². The third-order valence-corrected chi connectivity index (χ3v) is 3.45. The molecule has 1 N–H and O–H groups in total. The van der Waals surface area contributed by atoms with Crippen LogP contribution in [-0.4, -0.2) is 29.2 Å². The van der Waals surface area contributed by atoms with Crippen molar-refractivity contribution in [3.05, 3.63) is 34.6 Å². The van der Waals surface area contributed by atoms with Crippen molar-refractivity contribution < 1.29 is 9.50 Å². The van der Waals surface area contributed by atoms with Crippen LogP contribution in [0.2, 0.25) is 5.02 Å². The zero-order valence-corrected chi connectivity index (χ0v) is 9.75. The maximum absolute atomic E-state index is 12.9. The molecule has 1 aromatic carbocycles. The summed E-state index contributed by atoms with van der Waals surface area (Å²) in [5, 5.41) is 9.65. The monoisotopic (exact) mass is 243 g/mol. The van der Waals surface area contributed by atoms with Gasteiger partial charge in [-0.25, -0.2) is 4.39 Å². The van der Waals surface area contributed by atoms with E-state index in [1.54, 1.807) is 6.07 Å². The molecule has 0 aliphatic carbocycles. The molecule has 1 aliphatic rings. The quantitative estimate of drug-likeness (QED) is 0.882. The topological polar surface area (TPSA) is 23.5 Å². The van der Waals surface area contributed by atoms with Crippen LogP contribution in [-0.2, 0) is 6.54 Å². The fraction of sp³-hybridized carbons (Fsp3) is 0.500. The van der Waals surface area contributed by atoms with E-state index in [0.29, 0.717) is 11.6 Å². The second kappa shape index (κ2) is 5.13. The second-order valence-corrected chi connectivity index (χ2v) is 4.59. The molecule has 1 saturated heterocycles. The number of nitrogens with zero attached hydrogens (tertiary/aromatic N) is 1. The number of aliphatic hydroxyl groups excluding tert-OH is 1. The van der Waals surface area contributed by atoms with Gasteiger partial charge in [0.1, 0.15) is 5.82 Å². The predicted molar refractivity (Wildman–Crippen MR) is 61.9 cm³/mol. The van der Waals surface area contributed by atoms with Gasteiger partial charge >= 0.3 is 0 Å². The van der Waals surface area contributed by atoms with E-state index in [2.05, 4.69) is 4.90 Å². The molecule has 88 valence electrons. The van der Waals surface area contributed by atoms with Crippen molar-refractivity contribution in [3.63, 3.8) is 0 Å². The van der Waals surface area contributed by atoms with Gasteiger partial charge in [-0.1, -0.05) is 17.7 Å². The van der Waals surface area contributed by atoms with Gasteiger partial charge in [0.25, 0.3) is 0 Å². The maximum atomic E-state index is 12.9. The van der Waals surface area contributed by atoms with Crippen molar-refractivity contribution in [2.45, 2.75) is 25.4 Å². The first-order valence-electron chi connectivity index (χ1n) is 5.49. The first-order chi connectivity index (χ1) is 7.70. The van der Waals surface area contributed by atoms with E-state index in [0.717, 1.165) is 24.9 Å². The van der Waals surface area contributed by atoms with Crippen LogP contribution in [0.4, 0.5) is 4.39 Å². The first kappa shape index (κ1) is 11.8. The van der Waals surface area contributed by atoms with E-state index in [1.807, 2.05) is 0 Å². The number of aliphatic hydroxyl groups is 1. The fourth-order valence-corrected chi connectivity index (χ4v) is 2.41. The van der Waals surface area contributed by atoms with Crippen LogP contribution in [0.1, 0.15) is 18.4 Å². The second-order valence-electron chi connectivity index (χ2n) is 4.18. The number of likely N-dealkylation sites (tertiary alicyclic amines) is 1. The van der Waals surface area contributed by atoms with Crippen molar-refractivity contribution in [1.82, 2.24) is 4.90 Å². The number of rotatable bonds is 3. The predicted octanol–water partition coefficient (Wildman–Crippen LogP) is 2.44. The molecule has 2 nitrogen and oxygen atoms in total. The molecule has 16 heavy (non-hydrogen) atoms. The molecule has 1 aliphatic heterocycles. The van der Waals surface area contributed by atoms with Crippen molar-refractivity contribution in [2.24, 2.45) is 0 Å². The average Bonchev–Trinajstić information content (AvgIpc) is 2.69. The lowest BCUT2D eigenvalue weighted by Gasteiger charge is -2.23. The maximum Gasteiger partial charge on any atom is 0.124 e. The Kier molecular flexibility index (Phi) is 3.79. The molecule has 1 aromatic rings. The van der Waals surface area contributed by atoms with Gasteiger partial charge in [-0.3, -0.25) is 4.90 Å². The Bertz CT molecular complexity index is 372. The van der Waals surface area contributed by atoms with Crippen molar-refractivity contribution in [1.29, 1.82) is 0 Å². The lowest BCUT2D eigenvalue weighted by molar-refractivity contribution is 0.153. The fourth-order valence-electron chi connectivity index (χ4n) is 2.18. The number of halogens is 2. The average molecular weight is 244 g/mol. The molecular formula is C12H15ClFNO. The summed E-state index contributed by atoms with van der Waals surface area (Å²) in [7, 11) is 0. The van der Waals surface area contributed by atoms with Gasteiger partial charge in [-0.05, 0) is 37.1 Å². The summed E-state index contributed by atoms with van der Waals surface area (Å²) >= 11 is 5.97. The lowest BCUT2D eigenvalue weighted by atomic mass is 10.2. The third-order valence-electron chi connectivity index (χ3n) is 3.10. The Balaban J connectivity index is 2.08. The molecule has 1 fully saturated rings. The zero-order valence-electron chi connectivity index (χ0n) is 9.00. The summed E-state index contributed by atoms with van der Waals surface area (Å²) in [5.41, 5.74) is 0.920. The molecular weight excluding hydrogens is 229 g/mol. The molecule has 0 unspecified atom stereocenters. The minimum absolute atomic E-state index is 0.179. The van der Waals surface area contributed by atoms with E-state index in [-0.39, 0.29) is 18.5 Å². The van der Waals surface area contributed by atoms with Crippen LogP contribution < -0.4 is 0 Å². The summed E-state index contributed by atoms with van der Waals surface area (Å²) < 4.78 is 12.9. The molecule has 0 aromatic heterocycles. The van der Waals surface area contributed by atoms with Crippen molar-refractivity contribution in [3.8, 4) is 0 Å². The third kappa shape index (κ3) is 2.54. The minimum Gasteiger partial charge on any atom is -0.395 e. The molecule has 0 spiro atoms. The molecule has 0 bridgehead atoms. The van der Waals surface area contributed by atoms with Crippen molar-refractivity contribution >= 4 is 11.6 Å². The van der Waals surface area contributed by atoms with Gasteiger partial charge in [0.05, 0.1) is 6.61 Å². The van der Waals surface area contributed by atoms with Crippen LogP contribution in [0.5, 0.6) is 0 Å². The number of hydrogen-bond donors (Lipinski definition) is 1. The molecule has 1 atom stereocenters. The highest BCUT2D eigenvalue weighted by molar-refractivity contribution is 6.31. The lowest BCUT2D eigenvalue weighted by Crippen LogP contribution is -2.31. The highest BCUT2D eigenvalue weighted by Gasteiger charge is 2.24. The van der Waals surface area contributed by atoms with E-state index < -0.39 is 0 Å². The van der Waals surface area contributed by atoms with Gasteiger partial charge in [0.15, 0.2) is 0 Å². The van der Waals surface area contributed by atoms with Gasteiger partial charge in [-0.15, -0.1) is 0 Å². The Morgan fingerprint density at radius 2 is 2.31 bits per heavy atom. The number of hydrogen-bond acceptors (Lipinski definition) is 2. The zero-order chi connectivity index (χ0) is 11.5. The molecule has 2 rings (SSSR count). The highest BCUT2D eigenvalue weighted by atomic mass is 35.5. The highest BCUT2D eigenvalue weighted by Crippen LogP contribution is 2.24. The summed E-state index contributed by atoms with van der Waals surface area (Å²) in [6.07, 6.45) is 2.12. The van der Waals surface area contributed by atoms with Gasteiger partial charge in [0, 0.05) is 17.6 Å². The van der Waals surface area contributed by atoms with Crippen LogP contribution in [0.3, 0.4) is 0 Å². The van der Waals surface area contributed by atoms with Crippen LogP contribution in [0.25, 0.3) is 0 Å². The molecule has 4 heteroatoms. The Morgan fingerprint density at radius 3 is 3.00 bits per heavy atom. The van der Waals surface area contributed by atoms with Gasteiger partial charge < -0.3 is 5.11 Å². The largest absolute Gasteiger partial charge is 0.395 e. The molecule has 1 heterocycles. The summed E-state index contributed by atoms with van der Waals surface area (Å²) in [5.74, 6) is -0.311. The summed E-state index contributed by atoms with van der Waals surface area (Å²) in [4.78, 5) is 2.19. The molecule has 0 amide bonds. The molecule has 0 radical (unpaired) electrons. The minimum atomic E-state index is -0.311. The smallest absolute Gasteiger partial charge is 0.124 e. The van der Waals surface area contributed by atoms with Crippen LogP contribution in [0.15, 0.2) is 18.2 Å². The normalized spacial score (nSPS) is 21.6. The first-order valence-corrected chi connectivity index (χ1v) is 5.87. The molecule has 0 saturated carbocycles. The Labute approximate surface area is 99.6 Å². The Hall–Kier alpha value is -0.640. The van der Waals surface area contributed by atoms with Crippen LogP contribution in [0, 0.1) is 5.82 Å². The van der Waals surface area contributed by atoms with Crippen molar-refractivity contribution in [2.75, 3.05) is 13.2 Å². The van der Waals surface area contributed by atoms with Crippen LogP contribution >= 0.6 is 11.6 Å². The van der Waals surface area contributed by atoms with E-state index in [9.17, 15) is 9.50 Å². The summed E-state index contributed by atoms with van der Waals surface area (Å²) in [6.45, 7) is 1.84. The standard InChI is InChI=1S/C12H15ClFNO/c13-12-6-10(14)4-3-9(12)7-15-5-1-2-11(15)8-16/h3-4,6,11,16H,1-2,5,7-8H2/t11-/m0/s1. The van der Waals surface area contributed by atoms with E-state index in [1.165, 1.54) is 12.1 Å². The Morgan fingerprint density at radius 1 is 1.50 bits per heavy atom. The van der Waals surface area contributed by atoms with Gasteiger partial charge in [0.2, 0.25) is 0 Å². The summed E-state index contributed by atoms with van der Waals surface area (Å²) in [6, 6.07) is 4.69. The SMILES string of the molecule is OC[C@@H]1CCCN1Cc1ccc(F)cc1Cl. The van der Waals surface area contributed by atoms with E-state index >= 15 is 0 Å². The van der Waals surface area contributed by atoms with E-state index in [4.69, 9.17) is 11.6 Å². The number of benzene rings is 1.